The number of nitrogens with zero attached hydrogens (tertiary/aromatic N) is 1. The van der Waals surface area contributed by atoms with Gasteiger partial charge < -0.3 is 14.6 Å². The maximum atomic E-state index is 13.3. The van der Waals surface area contributed by atoms with Crippen LogP contribution in [0.4, 0.5) is 0 Å². The molecule has 7 heteroatoms. The van der Waals surface area contributed by atoms with E-state index >= 15 is 0 Å². The maximum Gasteiger partial charge on any atom is 0.354 e. The summed E-state index contributed by atoms with van der Waals surface area (Å²) >= 11 is 6.18. The number of nitrogens with one attached hydrogen (secondary N) is 1. The zero-order valence-electron chi connectivity index (χ0n) is 16.9. The Morgan fingerprint density at radius 3 is 2.25 bits per heavy atom. The van der Waals surface area contributed by atoms with Gasteiger partial charge in [-0.15, -0.1) is 0 Å². The summed E-state index contributed by atoms with van der Waals surface area (Å²) < 4.78 is 4.76. The molecule has 1 unspecified atom stereocenters. The predicted octanol–water partition coefficient (Wildman–Crippen LogP) is 4.19. The molecule has 0 radical (unpaired) electrons. The minimum absolute atomic E-state index is 0.234. The van der Waals surface area contributed by atoms with Crippen LogP contribution < -0.4 is 0 Å². The van der Waals surface area contributed by atoms with E-state index < -0.39 is 12.0 Å². The van der Waals surface area contributed by atoms with Crippen molar-refractivity contribution in [3.63, 3.8) is 0 Å². The number of methoxy groups -OCH3 is 1. The molecule has 1 aromatic heterocycles. The van der Waals surface area contributed by atoms with Gasteiger partial charge in [-0.05, 0) is 52.3 Å². The number of ether oxygens (including phenoxy) is 1. The van der Waals surface area contributed by atoms with Crippen molar-refractivity contribution in [2.24, 2.45) is 0 Å². The lowest BCUT2D eigenvalue weighted by molar-refractivity contribution is 0.0565. The van der Waals surface area contributed by atoms with E-state index in [1.54, 1.807) is 45.0 Å². The molecule has 0 spiro atoms. The number of amides is 1. The van der Waals surface area contributed by atoms with Crippen molar-refractivity contribution in [2.45, 2.75) is 46.7 Å². The molecular weight excluding hydrogens is 380 g/mol. The van der Waals surface area contributed by atoms with E-state index in [4.69, 9.17) is 16.3 Å². The molecule has 0 aliphatic carbocycles. The third-order valence-electron chi connectivity index (χ3n) is 4.77. The van der Waals surface area contributed by atoms with Crippen LogP contribution in [-0.2, 0) is 4.74 Å². The lowest BCUT2D eigenvalue weighted by Gasteiger charge is -2.32. The molecule has 6 nitrogen and oxygen atoms in total. The van der Waals surface area contributed by atoms with Crippen LogP contribution in [0.15, 0.2) is 24.3 Å². The number of hydrogen-bond donors (Lipinski definition) is 1. The molecule has 28 heavy (non-hydrogen) atoms. The number of carbonyl (C=O) groups is 3. The molecular formula is C21H25ClN2O4. The number of ketones is 1. The second-order valence-corrected chi connectivity index (χ2v) is 7.35. The van der Waals surface area contributed by atoms with Crippen LogP contribution in [-0.4, -0.2) is 46.7 Å². The fourth-order valence-corrected chi connectivity index (χ4v) is 3.61. The third kappa shape index (κ3) is 3.97. The fraction of sp³-hybridized carbons (Fsp3) is 0.381. The number of aryl methyl sites for hydroxylation is 1. The van der Waals surface area contributed by atoms with E-state index in [9.17, 15) is 14.4 Å². The maximum absolute atomic E-state index is 13.3. The van der Waals surface area contributed by atoms with Gasteiger partial charge >= 0.3 is 5.97 Å². The largest absolute Gasteiger partial charge is 0.464 e. The van der Waals surface area contributed by atoms with Crippen LogP contribution in [0.5, 0.6) is 0 Å². The second-order valence-electron chi connectivity index (χ2n) is 6.94. The average Bonchev–Trinajstić information content (AvgIpc) is 2.94. The Morgan fingerprint density at radius 2 is 1.71 bits per heavy atom. The molecule has 150 valence electrons. The standard InChI is InChI=1S/C21H25ClN2O4/c1-11(2)24(20(26)15-9-7-8-10-16(15)22)14(5)19(25)17-12(3)18(21(27)28-6)23-13(17)4/h7-11,14,23H,1-6H3. The molecule has 2 aromatic rings. The van der Waals surface area contributed by atoms with Crippen molar-refractivity contribution in [2.75, 3.05) is 7.11 Å². The summed E-state index contributed by atoms with van der Waals surface area (Å²) in [5, 5.41) is 0.333. The van der Waals surface area contributed by atoms with E-state index in [0.29, 0.717) is 27.4 Å². The molecule has 1 atom stereocenters. The van der Waals surface area contributed by atoms with Crippen molar-refractivity contribution < 1.29 is 19.1 Å². The number of rotatable bonds is 6. The first kappa shape index (κ1) is 21.7. The summed E-state index contributed by atoms with van der Waals surface area (Å²) in [5.74, 6) is -1.11. The minimum Gasteiger partial charge on any atom is -0.464 e. The lowest BCUT2D eigenvalue weighted by Crippen LogP contribution is -2.47. The Kier molecular flexibility index (Phi) is 6.67. The Labute approximate surface area is 169 Å². The Balaban J connectivity index is 2.44. The highest BCUT2D eigenvalue weighted by molar-refractivity contribution is 6.33. The molecule has 1 N–H and O–H groups in total. The molecule has 2 rings (SSSR count). The quantitative estimate of drug-likeness (QED) is 0.578. The lowest BCUT2D eigenvalue weighted by atomic mass is 9.98. The summed E-state index contributed by atoms with van der Waals surface area (Å²) in [7, 11) is 1.28. The van der Waals surface area contributed by atoms with Gasteiger partial charge in [0.1, 0.15) is 5.69 Å². The molecule has 1 aromatic carbocycles. The summed E-state index contributed by atoms with van der Waals surface area (Å²) in [6.07, 6.45) is 0. The first-order valence-corrected chi connectivity index (χ1v) is 9.38. The van der Waals surface area contributed by atoms with E-state index in [0.717, 1.165) is 0 Å². The first-order chi connectivity index (χ1) is 13.1. The van der Waals surface area contributed by atoms with Gasteiger partial charge in [0.25, 0.3) is 5.91 Å². The van der Waals surface area contributed by atoms with E-state index in [-0.39, 0.29) is 23.4 Å². The highest BCUT2D eigenvalue weighted by Gasteiger charge is 2.33. The van der Waals surface area contributed by atoms with Gasteiger partial charge in [-0.1, -0.05) is 23.7 Å². The summed E-state index contributed by atoms with van der Waals surface area (Å²) in [6.45, 7) is 8.77. The van der Waals surface area contributed by atoms with Crippen LogP contribution in [0.1, 0.15) is 63.2 Å². The first-order valence-electron chi connectivity index (χ1n) is 9.00. The number of aromatic amines is 1. The number of hydrogen-bond acceptors (Lipinski definition) is 4. The van der Waals surface area contributed by atoms with Crippen molar-refractivity contribution in [1.82, 2.24) is 9.88 Å². The van der Waals surface area contributed by atoms with Gasteiger partial charge in [-0.25, -0.2) is 4.79 Å². The molecule has 0 bridgehead atoms. The van der Waals surface area contributed by atoms with Crippen LogP contribution in [0, 0.1) is 13.8 Å². The minimum atomic E-state index is -0.748. The van der Waals surface area contributed by atoms with Gasteiger partial charge in [-0.3, -0.25) is 9.59 Å². The van der Waals surface area contributed by atoms with E-state index in [1.165, 1.54) is 12.0 Å². The van der Waals surface area contributed by atoms with Crippen LogP contribution in [0.2, 0.25) is 5.02 Å². The molecule has 0 aliphatic rings. The molecule has 1 amide bonds. The highest BCUT2D eigenvalue weighted by Crippen LogP contribution is 2.25. The average molecular weight is 405 g/mol. The Bertz CT molecular complexity index is 917. The predicted molar refractivity (Wildman–Crippen MR) is 108 cm³/mol. The zero-order chi connectivity index (χ0) is 21.2. The fourth-order valence-electron chi connectivity index (χ4n) is 3.39. The SMILES string of the molecule is COC(=O)c1[nH]c(C)c(C(=O)C(C)N(C(=O)c2ccccc2Cl)C(C)C)c1C. The Hall–Kier alpha value is -2.60. The number of halogens is 1. The van der Waals surface area contributed by atoms with Crippen LogP contribution >= 0.6 is 11.6 Å². The van der Waals surface area contributed by atoms with Crippen molar-refractivity contribution in [1.29, 1.82) is 0 Å². The van der Waals surface area contributed by atoms with Gasteiger partial charge in [0.05, 0.1) is 23.7 Å². The number of aromatic nitrogens is 1. The topological polar surface area (TPSA) is 79.5 Å². The Morgan fingerprint density at radius 1 is 1.11 bits per heavy atom. The van der Waals surface area contributed by atoms with Gasteiger partial charge in [0.2, 0.25) is 0 Å². The zero-order valence-corrected chi connectivity index (χ0v) is 17.7. The number of Topliss-reactive ketones (excluding diaryl/α,β-unsaturated/α-hetero) is 1. The van der Waals surface area contributed by atoms with Crippen molar-refractivity contribution >= 4 is 29.3 Å². The molecule has 0 saturated carbocycles. The molecule has 0 saturated heterocycles. The molecule has 0 aliphatic heterocycles. The highest BCUT2D eigenvalue weighted by atomic mass is 35.5. The van der Waals surface area contributed by atoms with Gasteiger partial charge in [-0.2, -0.15) is 0 Å². The number of esters is 1. The van der Waals surface area contributed by atoms with E-state index in [1.807, 2.05) is 13.8 Å². The van der Waals surface area contributed by atoms with Crippen molar-refractivity contribution in [3.05, 3.63) is 57.4 Å². The molecule has 1 heterocycles. The summed E-state index contributed by atoms with van der Waals surface area (Å²) in [5.41, 5.74) is 2.05. The van der Waals surface area contributed by atoms with Crippen LogP contribution in [0.25, 0.3) is 0 Å². The van der Waals surface area contributed by atoms with Crippen LogP contribution in [0.3, 0.4) is 0 Å². The molecule has 0 fully saturated rings. The number of H-pyrrole nitrogens is 1. The summed E-state index contributed by atoms with van der Waals surface area (Å²) in [6, 6.07) is 5.77. The smallest absolute Gasteiger partial charge is 0.354 e. The van der Waals surface area contributed by atoms with Gasteiger partial charge in [0.15, 0.2) is 5.78 Å². The number of benzene rings is 1. The van der Waals surface area contributed by atoms with Crippen molar-refractivity contribution in [3.8, 4) is 0 Å². The third-order valence-corrected chi connectivity index (χ3v) is 5.09. The second kappa shape index (κ2) is 8.61. The number of carbonyl (C=O) groups excluding carboxylic acids is 3. The van der Waals surface area contributed by atoms with E-state index in [2.05, 4.69) is 4.98 Å². The monoisotopic (exact) mass is 404 g/mol. The van der Waals surface area contributed by atoms with Gasteiger partial charge in [0, 0.05) is 17.3 Å². The normalized spacial score (nSPS) is 12.0. The summed E-state index contributed by atoms with van der Waals surface area (Å²) in [4.78, 5) is 42.7.